The molecular formula is C11H16O2S. The van der Waals surface area contributed by atoms with Crippen molar-refractivity contribution in [2.24, 2.45) is 0 Å². The minimum atomic E-state index is 0.239. The van der Waals surface area contributed by atoms with Crippen molar-refractivity contribution in [3.63, 3.8) is 0 Å². The summed E-state index contributed by atoms with van der Waals surface area (Å²) in [6.07, 6.45) is 1.40. The van der Waals surface area contributed by atoms with Gasteiger partial charge in [-0.1, -0.05) is 0 Å². The third-order valence-corrected chi connectivity index (χ3v) is 3.39. The number of aryl methyl sites for hydroxylation is 2. The van der Waals surface area contributed by atoms with E-state index in [0.717, 1.165) is 11.3 Å². The van der Waals surface area contributed by atoms with E-state index < -0.39 is 0 Å². The van der Waals surface area contributed by atoms with E-state index in [1.165, 1.54) is 10.4 Å². The number of thiophene rings is 1. The van der Waals surface area contributed by atoms with Gasteiger partial charge in [-0.3, -0.25) is 4.79 Å². The standard InChI is InChI=1S/C11H16O2S/c1-8-7-11(14-9(8)2)10(12)5-4-6-13-3/h7H,4-6H2,1-3H3. The second kappa shape index (κ2) is 5.27. The quantitative estimate of drug-likeness (QED) is 0.554. The first-order chi connectivity index (χ1) is 6.65. The van der Waals surface area contributed by atoms with Crippen molar-refractivity contribution in [3.8, 4) is 0 Å². The van der Waals surface area contributed by atoms with Gasteiger partial charge in [0.2, 0.25) is 0 Å². The number of Topliss-reactive ketones (excluding diaryl/α,β-unsaturated/α-hetero) is 1. The third kappa shape index (κ3) is 2.93. The van der Waals surface area contributed by atoms with E-state index in [1.54, 1.807) is 18.4 Å². The van der Waals surface area contributed by atoms with Gasteiger partial charge in [0, 0.05) is 25.0 Å². The Labute approximate surface area is 88.9 Å². The molecule has 0 unspecified atom stereocenters. The maximum Gasteiger partial charge on any atom is 0.172 e. The lowest BCUT2D eigenvalue weighted by molar-refractivity contribution is 0.0967. The monoisotopic (exact) mass is 212 g/mol. The molecule has 0 aliphatic rings. The van der Waals surface area contributed by atoms with Crippen LogP contribution in [0.5, 0.6) is 0 Å². The second-order valence-electron chi connectivity index (χ2n) is 3.37. The molecule has 0 N–H and O–H groups in total. The maximum atomic E-state index is 11.6. The average molecular weight is 212 g/mol. The van der Waals surface area contributed by atoms with Gasteiger partial charge in [-0.15, -0.1) is 11.3 Å². The lowest BCUT2D eigenvalue weighted by Crippen LogP contribution is -1.98. The van der Waals surface area contributed by atoms with Crippen molar-refractivity contribution in [2.45, 2.75) is 26.7 Å². The van der Waals surface area contributed by atoms with Gasteiger partial charge in [0.05, 0.1) is 4.88 Å². The highest BCUT2D eigenvalue weighted by atomic mass is 32.1. The number of hydrogen-bond acceptors (Lipinski definition) is 3. The molecule has 14 heavy (non-hydrogen) atoms. The van der Waals surface area contributed by atoms with Crippen molar-refractivity contribution >= 4 is 17.1 Å². The Morgan fingerprint density at radius 3 is 2.71 bits per heavy atom. The van der Waals surface area contributed by atoms with E-state index in [-0.39, 0.29) is 5.78 Å². The van der Waals surface area contributed by atoms with E-state index >= 15 is 0 Å². The fraction of sp³-hybridized carbons (Fsp3) is 0.545. The fourth-order valence-electron chi connectivity index (χ4n) is 1.21. The molecule has 0 radical (unpaired) electrons. The summed E-state index contributed by atoms with van der Waals surface area (Å²) in [6, 6.07) is 1.98. The molecule has 0 saturated heterocycles. The van der Waals surface area contributed by atoms with Gasteiger partial charge < -0.3 is 4.74 Å². The van der Waals surface area contributed by atoms with Crippen LogP contribution in [-0.2, 0) is 4.74 Å². The summed E-state index contributed by atoms with van der Waals surface area (Å²) in [5, 5.41) is 0. The minimum absolute atomic E-state index is 0.239. The molecular weight excluding hydrogens is 196 g/mol. The Morgan fingerprint density at radius 1 is 1.50 bits per heavy atom. The summed E-state index contributed by atoms with van der Waals surface area (Å²) in [7, 11) is 1.66. The van der Waals surface area contributed by atoms with Gasteiger partial charge in [0.15, 0.2) is 5.78 Å². The van der Waals surface area contributed by atoms with E-state index in [0.29, 0.717) is 13.0 Å². The second-order valence-corrected chi connectivity index (χ2v) is 4.63. The molecule has 0 amide bonds. The first-order valence-corrected chi connectivity index (χ1v) is 5.56. The number of methoxy groups -OCH3 is 1. The number of ketones is 1. The van der Waals surface area contributed by atoms with E-state index in [9.17, 15) is 4.79 Å². The molecule has 1 rings (SSSR count). The summed E-state index contributed by atoms with van der Waals surface area (Å²) >= 11 is 1.59. The normalized spacial score (nSPS) is 10.5. The van der Waals surface area contributed by atoms with Crippen molar-refractivity contribution in [1.29, 1.82) is 0 Å². The van der Waals surface area contributed by atoms with Gasteiger partial charge in [-0.25, -0.2) is 0 Å². The summed E-state index contributed by atoms with van der Waals surface area (Å²) in [6.45, 7) is 4.75. The van der Waals surface area contributed by atoms with Crippen LogP contribution in [0.15, 0.2) is 6.07 Å². The van der Waals surface area contributed by atoms with Crippen LogP contribution in [0, 0.1) is 13.8 Å². The number of hydrogen-bond donors (Lipinski definition) is 0. The fourth-order valence-corrected chi connectivity index (χ4v) is 2.21. The molecule has 0 aliphatic carbocycles. The predicted molar refractivity (Wildman–Crippen MR) is 59.2 cm³/mol. The molecule has 3 heteroatoms. The Morgan fingerprint density at radius 2 is 2.21 bits per heavy atom. The molecule has 0 aromatic carbocycles. The lowest BCUT2D eigenvalue weighted by Gasteiger charge is -1.96. The van der Waals surface area contributed by atoms with Crippen molar-refractivity contribution in [2.75, 3.05) is 13.7 Å². The number of carbonyl (C=O) groups excluding carboxylic acids is 1. The van der Waals surface area contributed by atoms with Gasteiger partial charge in [0.1, 0.15) is 0 Å². The first kappa shape index (κ1) is 11.4. The molecule has 0 atom stereocenters. The Bertz CT molecular complexity index is 296. The van der Waals surface area contributed by atoms with Crippen LogP contribution in [0.3, 0.4) is 0 Å². The zero-order valence-electron chi connectivity index (χ0n) is 8.92. The molecule has 0 aliphatic heterocycles. The molecule has 0 fully saturated rings. The van der Waals surface area contributed by atoms with Gasteiger partial charge in [-0.05, 0) is 31.9 Å². The van der Waals surface area contributed by atoms with Crippen LogP contribution in [0.2, 0.25) is 0 Å². The summed E-state index contributed by atoms with van der Waals surface area (Å²) in [5.41, 5.74) is 1.21. The van der Waals surface area contributed by atoms with E-state index in [4.69, 9.17) is 4.74 Å². The number of ether oxygens (including phenoxy) is 1. The summed E-state index contributed by atoms with van der Waals surface area (Å²) in [5.74, 6) is 0.239. The average Bonchev–Trinajstić information content (AvgIpc) is 2.47. The Balaban J connectivity index is 2.52. The molecule has 2 nitrogen and oxygen atoms in total. The zero-order valence-corrected chi connectivity index (χ0v) is 9.74. The molecule has 1 aromatic rings. The van der Waals surface area contributed by atoms with Crippen LogP contribution < -0.4 is 0 Å². The van der Waals surface area contributed by atoms with E-state index in [2.05, 4.69) is 0 Å². The Kier molecular flexibility index (Phi) is 4.29. The summed E-state index contributed by atoms with van der Waals surface area (Å²) < 4.78 is 4.91. The molecule has 1 aromatic heterocycles. The van der Waals surface area contributed by atoms with Gasteiger partial charge >= 0.3 is 0 Å². The maximum absolute atomic E-state index is 11.6. The highest BCUT2D eigenvalue weighted by Crippen LogP contribution is 2.22. The molecule has 1 heterocycles. The van der Waals surface area contributed by atoms with Crippen LogP contribution in [0.25, 0.3) is 0 Å². The third-order valence-electron chi connectivity index (χ3n) is 2.19. The van der Waals surface area contributed by atoms with Crippen LogP contribution in [-0.4, -0.2) is 19.5 Å². The van der Waals surface area contributed by atoms with Gasteiger partial charge in [0.25, 0.3) is 0 Å². The smallest absolute Gasteiger partial charge is 0.172 e. The summed E-state index contributed by atoms with van der Waals surface area (Å²) in [4.78, 5) is 13.8. The zero-order chi connectivity index (χ0) is 10.6. The molecule has 0 bridgehead atoms. The Hall–Kier alpha value is -0.670. The molecule has 78 valence electrons. The highest BCUT2D eigenvalue weighted by molar-refractivity contribution is 7.14. The highest BCUT2D eigenvalue weighted by Gasteiger charge is 2.09. The van der Waals surface area contributed by atoms with Crippen molar-refractivity contribution in [1.82, 2.24) is 0 Å². The van der Waals surface area contributed by atoms with Crippen LogP contribution in [0.1, 0.15) is 33.0 Å². The van der Waals surface area contributed by atoms with Crippen LogP contribution in [0.4, 0.5) is 0 Å². The largest absolute Gasteiger partial charge is 0.385 e. The lowest BCUT2D eigenvalue weighted by atomic mass is 10.2. The molecule has 0 saturated carbocycles. The van der Waals surface area contributed by atoms with E-state index in [1.807, 2.05) is 19.9 Å². The van der Waals surface area contributed by atoms with Crippen LogP contribution >= 0.6 is 11.3 Å². The van der Waals surface area contributed by atoms with Crippen molar-refractivity contribution < 1.29 is 9.53 Å². The SMILES string of the molecule is COCCCC(=O)c1cc(C)c(C)s1. The number of carbonyl (C=O) groups is 1. The predicted octanol–water partition coefficient (Wildman–Crippen LogP) is 2.97. The minimum Gasteiger partial charge on any atom is -0.385 e. The number of rotatable bonds is 5. The van der Waals surface area contributed by atoms with Crippen molar-refractivity contribution in [3.05, 3.63) is 21.4 Å². The first-order valence-electron chi connectivity index (χ1n) is 4.74. The molecule has 0 spiro atoms. The topological polar surface area (TPSA) is 26.3 Å². The van der Waals surface area contributed by atoms with Gasteiger partial charge in [-0.2, -0.15) is 0 Å².